The lowest BCUT2D eigenvalue weighted by Gasteiger charge is -2.16. The van der Waals surface area contributed by atoms with Crippen molar-refractivity contribution in [2.45, 2.75) is 40.5 Å². The number of nitrogens with one attached hydrogen (secondary N) is 2. The fraction of sp³-hybridized carbons (Fsp3) is 0.500. The Labute approximate surface area is 175 Å². The van der Waals surface area contributed by atoms with Crippen LogP contribution in [0.1, 0.15) is 38.2 Å². The maximum Gasteiger partial charge on any atom is 0.411 e. The van der Waals surface area contributed by atoms with Gasteiger partial charge in [0.15, 0.2) is 12.0 Å². The highest BCUT2D eigenvalue weighted by Crippen LogP contribution is 2.16. The third kappa shape index (κ3) is 7.80. The van der Waals surface area contributed by atoms with Crippen LogP contribution in [-0.2, 0) is 20.8 Å². The van der Waals surface area contributed by atoms with E-state index in [0.717, 1.165) is 0 Å². The molecule has 0 saturated heterocycles. The fourth-order valence-corrected chi connectivity index (χ4v) is 2.44. The zero-order valence-electron chi connectivity index (χ0n) is 17.8. The van der Waals surface area contributed by atoms with Crippen LogP contribution in [0.5, 0.6) is 0 Å². The largest absolute Gasteiger partial charge is 0.449 e. The molecule has 0 aliphatic heterocycles. The number of hydrogen-bond acceptors (Lipinski definition) is 7. The summed E-state index contributed by atoms with van der Waals surface area (Å²) in [5.41, 5.74) is 1.15. The molecule has 30 heavy (non-hydrogen) atoms. The van der Waals surface area contributed by atoms with E-state index in [1.807, 2.05) is 27.7 Å². The Hall–Kier alpha value is -2.98. The summed E-state index contributed by atoms with van der Waals surface area (Å²) in [6.07, 6.45) is 0.509. The van der Waals surface area contributed by atoms with Crippen LogP contribution in [0.3, 0.4) is 0 Å². The molecule has 0 radical (unpaired) electrons. The minimum absolute atomic E-state index is 0.149. The SMILES string of the molecule is CCOC(Cn1cc(C(=O)Nc2cccc(NC(=O)OCC(C)C)c2)nn1)OCC. The number of hydrogen-bond donors (Lipinski definition) is 2. The first kappa shape index (κ1) is 23.3. The third-order valence-corrected chi connectivity index (χ3v) is 3.73. The Morgan fingerprint density at radius 3 is 2.40 bits per heavy atom. The predicted octanol–water partition coefficient (Wildman–Crippen LogP) is 3.13. The van der Waals surface area contributed by atoms with Crippen LogP contribution in [0.15, 0.2) is 30.5 Å². The molecular weight excluding hydrogens is 390 g/mol. The highest BCUT2D eigenvalue weighted by molar-refractivity contribution is 6.03. The Morgan fingerprint density at radius 1 is 1.10 bits per heavy atom. The predicted molar refractivity (Wildman–Crippen MR) is 111 cm³/mol. The number of amides is 2. The summed E-state index contributed by atoms with van der Waals surface area (Å²) in [5, 5.41) is 13.2. The minimum atomic E-state index is -0.548. The number of anilines is 2. The average Bonchev–Trinajstić information content (AvgIpc) is 3.16. The van der Waals surface area contributed by atoms with E-state index in [-0.39, 0.29) is 11.6 Å². The Morgan fingerprint density at radius 2 is 1.77 bits per heavy atom. The van der Waals surface area contributed by atoms with Crippen molar-refractivity contribution >= 4 is 23.4 Å². The van der Waals surface area contributed by atoms with Crippen molar-refractivity contribution in [2.75, 3.05) is 30.5 Å². The van der Waals surface area contributed by atoms with Crippen LogP contribution in [-0.4, -0.2) is 53.1 Å². The molecular formula is C20H29N5O5. The van der Waals surface area contributed by atoms with E-state index < -0.39 is 18.3 Å². The van der Waals surface area contributed by atoms with Gasteiger partial charge in [0, 0.05) is 24.6 Å². The summed E-state index contributed by atoms with van der Waals surface area (Å²) in [6.45, 7) is 9.30. The molecule has 0 atom stereocenters. The van der Waals surface area contributed by atoms with E-state index in [4.69, 9.17) is 14.2 Å². The van der Waals surface area contributed by atoms with E-state index in [9.17, 15) is 9.59 Å². The molecule has 164 valence electrons. The molecule has 0 aliphatic rings. The van der Waals surface area contributed by atoms with Crippen molar-refractivity contribution in [3.05, 3.63) is 36.2 Å². The third-order valence-electron chi connectivity index (χ3n) is 3.73. The average molecular weight is 419 g/mol. The number of nitrogens with zero attached hydrogens (tertiary/aromatic N) is 3. The molecule has 0 unspecified atom stereocenters. The van der Waals surface area contributed by atoms with Crippen molar-refractivity contribution in [3.63, 3.8) is 0 Å². The molecule has 2 aromatic rings. The van der Waals surface area contributed by atoms with Gasteiger partial charge in [0.05, 0.1) is 19.3 Å². The number of carbonyl (C=O) groups excluding carboxylic acids is 2. The molecule has 0 aliphatic carbocycles. The molecule has 0 saturated carbocycles. The lowest BCUT2D eigenvalue weighted by Crippen LogP contribution is -2.24. The lowest BCUT2D eigenvalue weighted by molar-refractivity contribution is -0.145. The van der Waals surface area contributed by atoms with Crippen molar-refractivity contribution in [1.82, 2.24) is 15.0 Å². The minimum Gasteiger partial charge on any atom is -0.449 e. The number of benzene rings is 1. The van der Waals surface area contributed by atoms with Gasteiger partial charge >= 0.3 is 6.09 Å². The molecule has 2 rings (SSSR count). The van der Waals surface area contributed by atoms with E-state index in [1.54, 1.807) is 24.3 Å². The normalized spacial score (nSPS) is 11.0. The van der Waals surface area contributed by atoms with Gasteiger partial charge in [-0.2, -0.15) is 0 Å². The van der Waals surface area contributed by atoms with Gasteiger partial charge in [-0.15, -0.1) is 5.10 Å². The van der Waals surface area contributed by atoms with E-state index in [0.29, 0.717) is 37.7 Å². The monoisotopic (exact) mass is 419 g/mol. The van der Waals surface area contributed by atoms with Crippen molar-refractivity contribution < 1.29 is 23.8 Å². The zero-order valence-corrected chi connectivity index (χ0v) is 17.8. The van der Waals surface area contributed by atoms with Crippen molar-refractivity contribution in [3.8, 4) is 0 Å². The first-order valence-electron chi connectivity index (χ1n) is 9.89. The van der Waals surface area contributed by atoms with E-state index in [1.165, 1.54) is 10.9 Å². The quantitative estimate of drug-likeness (QED) is 0.537. The van der Waals surface area contributed by atoms with Gasteiger partial charge in [-0.1, -0.05) is 25.1 Å². The number of carbonyl (C=O) groups is 2. The Balaban J connectivity index is 1.94. The van der Waals surface area contributed by atoms with Gasteiger partial charge in [0.1, 0.15) is 0 Å². The molecule has 1 aromatic carbocycles. The van der Waals surface area contributed by atoms with Crippen LogP contribution in [0.25, 0.3) is 0 Å². The van der Waals surface area contributed by atoms with Crippen LogP contribution >= 0.6 is 0 Å². The molecule has 0 fully saturated rings. The van der Waals surface area contributed by atoms with E-state index in [2.05, 4.69) is 20.9 Å². The summed E-state index contributed by atoms with van der Waals surface area (Å²) < 4.78 is 17.5. The molecule has 0 bridgehead atoms. The van der Waals surface area contributed by atoms with Gasteiger partial charge in [0.25, 0.3) is 5.91 Å². The molecule has 2 amide bonds. The van der Waals surface area contributed by atoms with Gasteiger partial charge in [-0.25, -0.2) is 9.48 Å². The Bertz CT molecular complexity index is 817. The van der Waals surface area contributed by atoms with E-state index >= 15 is 0 Å². The molecule has 0 spiro atoms. The second-order valence-corrected chi connectivity index (χ2v) is 6.82. The molecule has 10 nitrogen and oxygen atoms in total. The second-order valence-electron chi connectivity index (χ2n) is 6.82. The number of aromatic nitrogens is 3. The van der Waals surface area contributed by atoms with Crippen molar-refractivity contribution in [1.29, 1.82) is 0 Å². The molecule has 1 aromatic heterocycles. The van der Waals surface area contributed by atoms with Crippen LogP contribution in [0.4, 0.5) is 16.2 Å². The highest BCUT2D eigenvalue weighted by Gasteiger charge is 2.15. The topological polar surface area (TPSA) is 117 Å². The number of ether oxygens (including phenoxy) is 3. The first-order valence-corrected chi connectivity index (χ1v) is 9.89. The summed E-state index contributed by atoms with van der Waals surface area (Å²) in [4.78, 5) is 24.3. The molecule has 1 heterocycles. The second kappa shape index (κ2) is 11.9. The van der Waals surface area contributed by atoms with Crippen LogP contribution < -0.4 is 10.6 Å². The van der Waals surface area contributed by atoms with Gasteiger partial charge in [0.2, 0.25) is 0 Å². The maximum atomic E-state index is 12.5. The summed E-state index contributed by atoms with van der Waals surface area (Å²) in [5.74, 6) is -0.183. The molecule has 2 N–H and O–H groups in total. The standard InChI is InChI=1S/C20H29N5O5/c1-5-28-18(29-6-2)12-25-11-17(23-24-25)19(26)21-15-8-7-9-16(10-15)22-20(27)30-13-14(3)4/h7-11,14,18H,5-6,12-13H2,1-4H3,(H,21,26)(H,22,27). The van der Waals surface area contributed by atoms with Gasteiger partial charge in [-0.05, 0) is 38.0 Å². The lowest BCUT2D eigenvalue weighted by atomic mass is 10.2. The number of rotatable bonds is 11. The highest BCUT2D eigenvalue weighted by atomic mass is 16.7. The van der Waals surface area contributed by atoms with Gasteiger partial charge in [-0.3, -0.25) is 10.1 Å². The summed E-state index contributed by atoms with van der Waals surface area (Å²) >= 11 is 0. The fourth-order valence-electron chi connectivity index (χ4n) is 2.44. The first-order chi connectivity index (χ1) is 14.4. The summed E-state index contributed by atoms with van der Waals surface area (Å²) in [6, 6.07) is 6.73. The molecule has 10 heteroatoms. The van der Waals surface area contributed by atoms with Crippen molar-refractivity contribution in [2.24, 2.45) is 5.92 Å². The van der Waals surface area contributed by atoms with Crippen LogP contribution in [0.2, 0.25) is 0 Å². The zero-order chi connectivity index (χ0) is 21.9. The smallest absolute Gasteiger partial charge is 0.411 e. The maximum absolute atomic E-state index is 12.5. The summed E-state index contributed by atoms with van der Waals surface area (Å²) in [7, 11) is 0. The van der Waals surface area contributed by atoms with Crippen LogP contribution in [0, 0.1) is 5.92 Å². The van der Waals surface area contributed by atoms with Gasteiger partial charge < -0.3 is 19.5 Å². The Kier molecular flexibility index (Phi) is 9.23.